The Morgan fingerprint density at radius 1 is 1.04 bits per heavy atom. The summed E-state index contributed by atoms with van der Waals surface area (Å²) in [5, 5.41) is 3.85. The SMILES string of the molecule is O=C(Cc1ccccc1)NCC#CCOc1ccc2cccnc2c1. The van der Waals surface area contributed by atoms with Crippen molar-refractivity contribution in [3.8, 4) is 17.6 Å². The van der Waals surface area contributed by atoms with E-state index in [2.05, 4.69) is 22.1 Å². The van der Waals surface area contributed by atoms with E-state index in [1.807, 2.05) is 60.7 Å². The fraction of sp³-hybridized carbons (Fsp3) is 0.143. The van der Waals surface area contributed by atoms with Crippen molar-refractivity contribution in [2.75, 3.05) is 13.2 Å². The maximum atomic E-state index is 11.8. The van der Waals surface area contributed by atoms with Gasteiger partial charge < -0.3 is 10.1 Å². The zero-order valence-electron chi connectivity index (χ0n) is 13.7. The molecule has 1 N–H and O–H groups in total. The van der Waals surface area contributed by atoms with Crippen molar-refractivity contribution >= 4 is 16.8 Å². The van der Waals surface area contributed by atoms with E-state index >= 15 is 0 Å². The molecule has 0 saturated heterocycles. The molecular weight excluding hydrogens is 312 g/mol. The highest BCUT2D eigenvalue weighted by Gasteiger charge is 2.00. The third-order valence-electron chi connectivity index (χ3n) is 3.59. The number of benzene rings is 2. The van der Waals surface area contributed by atoms with Crippen molar-refractivity contribution in [2.24, 2.45) is 0 Å². The second kappa shape index (κ2) is 8.51. The Morgan fingerprint density at radius 3 is 2.80 bits per heavy atom. The highest BCUT2D eigenvalue weighted by atomic mass is 16.5. The summed E-state index contributed by atoms with van der Waals surface area (Å²) < 4.78 is 5.59. The van der Waals surface area contributed by atoms with Gasteiger partial charge in [0.05, 0.1) is 18.5 Å². The van der Waals surface area contributed by atoms with Gasteiger partial charge in [0.2, 0.25) is 5.91 Å². The summed E-state index contributed by atoms with van der Waals surface area (Å²) in [6, 6.07) is 19.3. The molecule has 4 nitrogen and oxygen atoms in total. The van der Waals surface area contributed by atoms with Crippen LogP contribution < -0.4 is 10.1 Å². The average molecular weight is 330 g/mol. The van der Waals surface area contributed by atoms with Gasteiger partial charge in [-0.1, -0.05) is 48.2 Å². The van der Waals surface area contributed by atoms with Crippen LogP contribution in [0.2, 0.25) is 0 Å². The van der Waals surface area contributed by atoms with Crippen molar-refractivity contribution in [3.63, 3.8) is 0 Å². The predicted molar refractivity (Wildman–Crippen MR) is 98.2 cm³/mol. The summed E-state index contributed by atoms with van der Waals surface area (Å²) in [6.07, 6.45) is 2.12. The highest BCUT2D eigenvalue weighted by Crippen LogP contribution is 2.18. The Labute approximate surface area is 146 Å². The smallest absolute Gasteiger partial charge is 0.225 e. The molecule has 0 bridgehead atoms. The highest BCUT2D eigenvalue weighted by molar-refractivity contribution is 5.79. The Kier molecular flexibility index (Phi) is 5.63. The fourth-order valence-corrected chi connectivity index (χ4v) is 2.36. The van der Waals surface area contributed by atoms with Gasteiger partial charge in [-0.2, -0.15) is 0 Å². The maximum absolute atomic E-state index is 11.8. The number of ether oxygens (including phenoxy) is 1. The molecule has 4 heteroatoms. The monoisotopic (exact) mass is 330 g/mol. The van der Waals surface area contributed by atoms with Gasteiger partial charge in [-0.15, -0.1) is 0 Å². The first kappa shape index (κ1) is 16.5. The molecule has 0 aliphatic carbocycles. The summed E-state index contributed by atoms with van der Waals surface area (Å²) in [5.74, 6) is 6.47. The number of carbonyl (C=O) groups is 1. The summed E-state index contributed by atoms with van der Waals surface area (Å²) in [4.78, 5) is 16.1. The minimum atomic E-state index is -0.0398. The first-order chi connectivity index (χ1) is 12.3. The topological polar surface area (TPSA) is 51.2 Å². The van der Waals surface area contributed by atoms with Crippen molar-refractivity contribution in [2.45, 2.75) is 6.42 Å². The van der Waals surface area contributed by atoms with E-state index in [1.165, 1.54) is 0 Å². The third-order valence-corrected chi connectivity index (χ3v) is 3.59. The van der Waals surface area contributed by atoms with Gasteiger partial charge in [0, 0.05) is 17.6 Å². The first-order valence-electron chi connectivity index (χ1n) is 8.05. The van der Waals surface area contributed by atoms with Gasteiger partial charge in [-0.3, -0.25) is 9.78 Å². The van der Waals surface area contributed by atoms with E-state index in [9.17, 15) is 4.79 Å². The number of nitrogens with one attached hydrogen (secondary N) is 1. The molecule has 124 valence electrons. The molecule has 0 unspecified atom stereocenters. The number of pyridine rings is 1. The third kappa shape index (κ3) is 5.08. The van der Waals surface area contributed by atoms with Gasteiger partial charge in [-0.05, 0) is 23.8 Å². The molecule has 0 atom stereocenters. The lowest BCUT2D eigenvalue weighted by atomic mass is 10.1. The van der Waals surface area contributed by atoms with Crippen LogP contribution in [-0.4, -0.2) is 24.0 Å². The zero-order valence-corrected chi connectivity index (χ0v) is 13.7. The van der Waals surface area contributed by atoms with Crippen LogP contribution in [0.1, 0.15) is 5.56 Å². The molecule has 0 spiro atoms. The molecule has 1 aromatic heterocycles. The van der Waals surface area contributed by atoms with Crippen LogP contribution in [0.4, 0.5) is 0 Å². The molecule has 3 aromatic rings. The van der Waals surface area contributed by atoms with Crippen molar-refractivity contribution < 1.29 is 9.53 Å². The van der Waals surface area contributed by atoms with Crippen molar-refractivity contribution in [1.29, 1.82) is 0 Å². The molecule has 0 radical (unpaired) electrons. The van der Waals surface area contributed by atoms with Crippen LogP contribution in [-0.2, 0) is 11.2 Å². The summed E-state index contributed by atoms with van der Waals surface area (Å²) in [6.45, 7) is 0.585. The lowest BCUT2D eigenvalue weighted by Gasteiger charge is -2.03. The number of rotatable bonds is 5. The molecule has 0 saturated carbocycles. The lowest BCUT2D eigenvalue weighted by molar-refractivity contribution is -0.120. The molecule has 1 amide bonds. The Morgan fingerprint density at radius 2 is 1.92 bits per heavy atom. The van der Waals surface area contributed by atoms with Gasteiger partial charge >= 0.3 is 0 Å². The minimum absolute atomic E-state index is 0.0398. The number of carbonyl (C=O) groups excluding carboxylic acids is 1. The second-order valence-corrected chi connectivity index (χ2v) is 5.44. The molecule has 0 aliphatic heterocycles. The van der Waals surface area contributed by atoms with Crippen molar-refractivity contribution in [1.82, 2.24) is 10.3 Å². The molecule has 0 fully saturated rings. The summed E-state index contributed by atoms with van der Waals surface area (Å²) in [5.41, 5.74) is 1.88. The van der Waals surface area contributed by atoms with Gasteiger partial charge in [0.25, 0.3) is 0 Å². The Balaban J connectivity index is 1.41. The van der Waals surface area contributed by atoms with E-state index in [1.54, 1.807) is 6.20 Å². The van der Waals surface area contributed by atoms with Gasteiger partial charge in [-0.25, -0.2) is 0 Å². The number of nitrogens with zero attached hydrogens (tertiary/aromatic N) is 1. The maximum Gasteiger partial charge on any atom is 0.225 e. The van der Waals surface area contributed by atoms with Gasteiger partial charge in [0.15, 0.2) is 0 Å². The quantitative estimate of drug-likeness (QED) is 0.732. The van der Waals surface area contributed by atoms with E-state index < -0.39 is 0 Å². The molecule has 25 heavy (non-hydrogen) atoms. The van der Waals surface area contributed by atoms with E-state index in [0.717, 1.165) is 22.2 Å². The Bertz CT molecular complexity index is 911. The first-order valence-corrected chi connectivity index (χ1v) is 8.05. The molecular formula is C21H18N2O2. The molecule has 1 heterocycles. The van der Waals surface area contributed by atoms with Crippen LogP contribution in [0, 0.1) is 11.8 Å². The summed E-state index contributed by atoms with van der Waals surface area (Å²) in [7, 11) is 0. The lowest BCUT2D eigenvalue weighted by Crippen LogP contribution is -2.25. The Hall–Kier alpha value is -3.32. The minimum Gasteiger partial charge on any atom is -0.481 e. The van der Waals surface area contributed by atoms with Crippen LogP contribution in [0.3, 0.4) is 0 Å². The van der Waals surface area contributed by atoms with E-state index in [4.69, 9.17) is 4.74 Å². The molecule has 0 aliphatic rings. The number of aromatic nitrogens is 1. The van der Waals surface area contributed by atoms with Gasteiger partial charge in [0.1, 0.15) is 12.4 Å². The van der Waals surface area contributed by atoms with Crippen LogP contribution in [0.25, 0.3) is 10.9 Å². The van der Waals surface area contributed by atoms with Crippen LogP contribution in [0.5, 0.6) is 5.75 Å². The average Bonchev–Trinajstić information content (AvgIpc) is 2.65. The van der Waals surface area contributed by atoms with Crippen LogP contribution in [0.15, 0.2) is 66.9 Å². The zero-order chi connectivity index (χ0) is 17.3. The largest absolute Gasteiger partial charge is 0.481 e. The van der Waals surface area contributed by atoms with E-state index in [0.29, 0.717) is 13.0 Å². The normalized spacial score (nSPS) is 9.92. The summed E-state index contributed by atoms with van der Waals surface area (Å²) >= 11 is 0. The van der Waals surface area contributed by atoms with Crippen molar-refractivity contribution in [3.05, 3.63) is 72.4 Å². The number of amides is 1. The standard InChI is InChI=1S/C21H18N2O2/c24-21(15-17-7-2-1-3-8-17)23-12-4-5-14-25-19-11-10-18-9-6-13-22-20(18)16-19/h1-3,6-11,13,16H,12,14-15H2,(H,23,24). The second-order valence-electron chi connectivity index (χ2n) is 5.44. The number of hydrogen-bond donors (Lipinski definition) is 1. The molecule has 2 aromatic carbocycles. The fourth-order valence-electron chi connectivity index (χ4n) is 2.36. The predicted octanol–water partition coefficient (Wildman–Crippen LogP) is 2.98. The number of fused-ring (bicyclic) bond motifs is 1. The van der Waals surface area contributed by atoms with E-state index in [-0.39, 0.29) is 12.5 Å². The molecule has 3 rings (SSSR count). The number of hydrogen-bond acceptors (Lipinski definition) is 3. The van der Waals surface area contributed by atoms with Crippen LogP contribution >= 0.6 is 0 Å².